The van der Waals surface area contributed by atoms with Crippen LogP contribution < -0.4 is 0 Å². The van der Waals surface area contributed by atoms with Crippen molar-refractivity contribution in [2.45, 2.75) is 39.5 Å². The van der Waals surface area contributed by atoms with Crippen LogP contribution in [-0.2, 0) is 30.9 Å². The van der Waals surface area contributed by atoms with E-state index >= 15 is 0 Å². The van der Waals surface area contributed by atoms with Gasteiger partial charge in [-0.2, -0.15) is 7.06 Å². The number of carbonyl (C=O) groups is 2. The molecule has 2 heterocycles. The van der Waals surface area contributed by atoms with Gasteiger partial charge in [0.25, 0.3) is 0 Å². The Balaban J connectivity index is 0. The van der Waals surface area contributed by atoms with E-state index < -0.39 is 294 Å². The predicted molar refractivity (Wildman–Crippen MR) is 649 cm³/mol. The van der Waals surface area contributed by atoms with Crippen LogP contribution in [0.1, 0.15) is 38.8 Å². The van der Waals surface area contributed by atoms with Gasteiger partial charge < -0.3 is 9.47 Å². The molecule has 2 aromatic heterocycles. The van der Waals surface area contributed by atoms with E-state index in [2.05, 4.69) is 19.9 Å². The molecule has 0 aliphatic heterocycles. The summed E-state index contributed by atoms with van der Waals surface area (Å²) in [5.74, 6) is -0.579. The molecular weight excluding hydrogens is 1420 g/mol. The molecule has 2 aromatic rings. The van der Waals surface area contributed by atoms with Crippen molar-refractivity contribution in [2.75, 3.05) is 13.2 Å². The maximum absolute atomic E-state index is 11.6. The van der Waals surface area contributed by atoms with Gasteiger partial charge in [-0.1, -0.05) is 7.74 Å². The number of esters is 2. The molecule has 2 rings (SSSR count). The Kier molecular flexibility index (Phi) is 65.6. The molecule has 104 heteroatoms. The van der Waals surface area contributed by atoms with Gasteiger partial charge in [-0.15, -0.1) is 0 Å². The van der Waals surface area contributed by atoms with Crippen LogP contribution in [0.15, 0.2) is 24.8 Å². The number of aromatic nitrogens is 4. The van der Waals surface area contributed by atoms with Crippen LogP contribution in [0.3, 0.4) is 0 Å². The van der Waals surface area contributed by atoms with Gasteiger partial charge in [-0.05, 0) is 375 Å². The minimum atomic E-state index is -1.30. The van der Waals surface area contributed by atoms with Gasteiger partial charge >= 0.3 is 11.9 Å². The van der Waals surface area contributed by atoms with Crippen molar-refractivity contribution in [3.05, 3.63) is 46.5 Å². The van der Waals surface area contributed by atoms with E-state index in [4.69, 9.17) is 396 Å². The lowest BCUT2D eigenvalue weighted by atomic mass is 8.25. The second-order valence-corrected chi connectivity index (χ2v) is 32.2. The summed E-state index contributed by atoms with van der Waals surface area (Å²) in [6.45, 7) is 7.79. The molecule has 0 saturated carbocycles. The molecule has 96 radical (unpaired) electrons. The van der Waals surface area contributed by atoms with E-state index in [1.54, 1.807) is 27.7 Å². The average molecular weight is 1450 g/mol. The van der Waals surface area contributed by atoms with Gasteiger partial charge in [0.1, 0.15) is 0 Å². The van der Waals surface area contributed by atoms with Crippen LogP contribution in [0.25, 0.3) is 0 Å². The highest BCUT2D eigenvalue weighted by Crippen LogP contribution is 2.26. The number of hydrogen-bond acceptors (Lipinski definition) is 8. The molecule has 0 spiro atoms. The zero-order valence-corrected chi connectivity index (χ0v) is 71.3. The summed E-state index contributed by atoms with van der Waals surface area (Å²) < 4.78 is 9.71. The second-order valence-electron chi connectivity index (χ2n) is 31.5. The smallest absolute Gasteiger partial charge is 0.316 e. The fraction of sp³-hybridized carbons (Fsp3) is 0.444. The highest BCUT2D eigenvalue weighted by atomic mass is 35.5. The van der Waals surface area contributed by atoms with Crippen molar-refractivity contribution in [3.8, 4) is 0 Å². The Morgan fingerprint density at radius 2 is 0.475 bits per heavy atom. The van der Waals surface area contributed by atoms with Gasteiger partial charge in [0, 0.05) is 364 Å². The summed E-state index contributed by atoms with van der Waals surface area (Å²) >= 11 is 11.0. The summed E-state index contributed by atoms with van der Waals surface area (Å²) in [5, 5.41) is 0.339. The Morgan fingerprint density at radius 1 is 0.303 bits per heavy atom. The predicted octanol–water partition coefficient (Wildman–Crippen LogP) is -33.4. The van der Waals surface area contributed by atoms with Gasteiger partial charge in [0.15, 0.2) is 0 Å². The van der Waals surface area contributed by atoms with Crippen molar-refractivity contribution < 1.29 is 19.1 Å². The summed E-state index contributed by atoms with van der Waals surface area (Å²) in [6.07, 6.45) is -46.0. The number of halogens is 2. The third-order valence-corrected chi connectivity index (χ3v) is 22.7. The number of carbonyl (C=O) groups excluding carboxylic acids is 2. The summed E-state index contributed by atoms with van der Waals surface area (Å²) in [4.78, 5) is 37.8. The zero-order chi connectivity index (χ0) is 96.0. The van der Waals surface area contributed by atoms with Crippen LogP contribution in [-0.4, -0.2) is 712 Å². The van der Waals surface area contributed by atoms with Crippen LogP contribution in [0.5, 0.6) is 0 Å². The van der Waals surface area contributed by atoms with E-state index in [1.807, 2.05) is 7.06 Å². The summed E-state index contributed by atoms with van der Waals surface area (Å²) in [5.41, 5.74) is 0.633. The molecule has 122 heavy (non-hydrogen) atoms. The number of nitrogens with zero attached hydrogens (tertiary/aromatic N) is 4. The normalized spacial score (nSPS) is 9.83. The lowest BCUT2D eigenvalue weighted by Gasteiger charge is -2.56. The van der Waals surface area contributed by atoms with Crippen LogP contribution in [0.2, 0.25) is 10.6 Å². The molecule has 0 atom stereocenters. The Labute approximate surface area is 831 Å². The lowest BCUT2D eigenvalue weighted by molar-refractivity contribution is -0.148. The highest BCUT2D eigenvalue weighted by Gasteiger charge is 2.62. The van der Waals surface area contributed by atoms with Gasteiger partial charge in [0.2, 0.25) is 10.6 Å². The minimum absolute atomic E-state index is 0.165. The lowest BCUT2D eigenvalue weighted by Crippen LogP contribution is -2.94. The molecule has 0 aliphatic rings. The molecule has 8 nitrogen and oxygen atoms in total. The molecule has 0 saturated heterocycles. The molecule has 0 aliphatic carbocycles. The molecule has 0 fully saturated rings. The van der Waals surface area contributed by atoms with E-state index in [0.717, 1.165) is 7.06 Å². The first-order chi connectivity index (χ1) is 56.0. The molecule has 0 bridgehead atoms. The second kappa shape index (κ2) is 62.6. The number of rotatable bonds is 50. The first-order valence-electron chi connectivity index (χ1n) is 38.8. The Hall–Kier alpha value is 3.78. The van der Waals surface area contributed by atoms with E-state index in [-0.39, 0.29) is 28.9 Å². The third-order valence-electron chi connectivity index (χ3n) is 22.3. The van der Waals surface area contributed by atoms with Crippen molar-refractivity contribution in [3.63, 3.8) is 0 Å². The molecule has 0 aromatic carbocycles. The maximum Gasteiger partial charge on any atom is 0.316 e. The van der Waals surface area contributed by atoms with Crippen LogP contribution in [0.4, 0.5) is 0 Å². The van der Waals surface area contributed by atoms with Crippen molar-refractivity contribution in [1.29, 1.82) is 0 Å². The zero-order valence-electron chi connectivity index (χ0n) is 69.8. The first kappa shape index (κ1) is 128. The Bertz CT molecular complexity index is 2700. The minimum Gasteiger partial charge on any atom is -0.466 e. The molecule has 0 N–H and O–H groups in total. The van der Waals surface area contributed by atoms with Crippen LogP contribution in [0, 0.1) is 0 Å². The summed E-state index contributed by atoms with van der Waals surface area (Å²) in [7, 11) is 304. The highest BCUT2D eigenvalue weighted by molar-refractivity contribution is 8.37. The SMILES string of the molecule is CCOC(=O)C(C)(C)c1cnc(Cl)nc1.CCOC(=O)Cc1cnc(Cl)nc1.[B]B([B])B(B([B])[B])B(B(B([B])[B])B([B])[B])B(B(B(B([B])[B])B([B])[B])B(B([B])[B])B([B])[B])B(B(B([B])[B])B([B])[B])B(B([B])[B])B([B])[B][BH3-].[B][B]B([B])B(B([B])[B])B(B(B([B])[B])B([B])[B])B(B(B(B([B])[B])B([B])[B])B(B([B])[B])B([B])[B])B(B(B([B])[B])B([B])[B])B(B([B])[B])B([B])[B]. The fourth-order valence-electron chi connectivity index (χ4n) is 17.4. The van der Waals surface area contributed by atoms with Crippen LogP contribution >= 0.6 is 23.2 Å². The summed E-state index contributed by atoms with van der Waals surface area (Å²) in [6, 6.07) is 0. The fourth-order valence-corrected chi connectivity index (χ4v) is 17.6. The largest absolute Gasteiger partial charge is 0.466 e. The van der Waals surface area contributed by atoms with Gasteiger partial charge in [-0.3, -0.25) is 9.59 Å². The van der Waals surface area contributed by atoms with E-state index in [9.17, 15) is 9.59 Å². The first-order valence-corrected chi connectivity index (χ1v) is 39.6. The topological polar surface area (TPSA) is 104 Å². The van der Waals surface area contributed by atoms with Crippen molar-refractivity contribution in [2.24, 2.45) is 0 Å². The molecular formula is C18H25B94Cl2N4O4-. The monoisotopic (exact) mass is 1470 g/mol. The van der Waals surface area contributed by atoms with Gasteiger partial charge in [-0.25, -0.2) is 19.9 Å². The number of ether oxygens (including phenoxy) is 2. The average Bonchev–Trinajstić information content (AvgIpc) is 0.741. The van der Waals surface area contributed by atoms with E-state index in [0.29, 0.717) is 24.3 Å². The van der Waals surface area contributed by atoms with Crippen molar-refractivity contribution >= 4 is 702 Å². The Morgan fingerprint density at radius 3 is 0.648 bits per heavy atom. The van der Waals surface area contributed by atoms with E-state index in [1.165, 1.54) is 24.8 Å². The molecule has 438 valence electrons. The van der Waals surface area contributed by atoms with Crippen molar-refractivity contribution in [1.82, 2.24) is 19.9 Å². The quantitative estimate of drug-likeness (QED) is 0.0367. The third kappa shape index (κ3) is 39.3. The molecule has 0 amide bonds. The maximum atomic E-state index is 11.6. The van der Waals surface area contributed by atoms with Gasteiger partial charge in [0.05, 0.1) is 25.0 Å². The number of hydrogen-bond donors (Lipinski definition) is 0. The molecule has 0 unspecified atom stereocenters. The standard InChI is InChI=1S/C10H13ClN2O2.C8H9ClN2O2.B47H3.B47/c1-4-15-8(14)10(2,3)7-5-12-9(11)13-6-7;1-2-13-7(12)3-6-4-10-8(9)11-5-6;2*1-25-37(24)43(36(22)23)46(42(34(18)19)35(20)21)47(44(38(26(2)3)27(4)5)39(28(6)7)29(8)9)45(40(30(10)11)31(12)13)41(32(14)15)33(16)17/h5-6H,4H2,1-3H3;4-5H,2-3H2,1H3;1H3;/q;;-1;.